The fourth-order valence-electron chi connectivity index (χ4n) is 0.968. The Kier molecular flexibility index (Phi) is 1.56. The van der Waals surface area contributed by atoms with Crippen molar-refractivity contribution in [1.82, 2.24) is 0 Å². The van der Waals surface area contributed by atoms with Crippen LogP contribution in [0.1, 0.15) is 20.3 Å². The van der Waals surface area contributed by atoms with Crippen LogP contribution in [0.3, 0.4) is 0 Å². The van der Waals surface area contributed by atoms with E-state index in [9.17, 15) is 4.79 Å². The van der Waals surface area contributed by atoms with Crippen LogP contribution in [0, 0.1) is 0 Å². The van der Waals surface area contributed by atoms with E-state index < -0.39 is 0 Å². The molecule has 1 aliphatic rings. The molecule has 9 heavy (non-hydrogen) atoms. The molecular formula is C7H10O2. The molecule has 0 unspecified atom stereocenters. The Morgan fingerprint density at radius 2 is 2.33 bits per heavy atom. The molecule has 0 aromatic rings. The molecule has 1 rings (SSSR count). The van der Waals surface area contributed by atoms with Gasteiger partial charge in [0, 0.05) is 5.57 Å². The summed E-state index contributed by atoms with van der Waals surface area (Å²) in [6.07, 6.45) is 0.796. The quantitative estimate of drug-likeness (QED) is 0.494. The Balaban J connectivity index is 2.82. The van der Waals surface area contributed by atoms with Crippen molar-refractivity contribution in [2.75, 3.05) is 6.61 Å². The molecule has 1 aliphatic heterocycles. The van der Waals surface area contributed by atoms with Crippen LogP contribution >= 0.6 is 0 Å². The molecular weight excluding hydrogens is 116 g/mol. The first-order valence-corrected chi connectivity index (χ1v) is 3.11. The smallest absolute Gasteiger partial charge is 0.334 e. The van der Waals surface area contributed by atoms with E-state index in [-0.39, 0.29) is 5.97 Å². The van der Waals surface area contributed by atoms with Crippen LogP contribution in [0.15, 0.2) is 11.1 Å². The van der Waals surface area contributed by atoms with Crippen molar-refractivity contribution in [3.05, 3.63) is 11.1 Å². The molecule has 0 fully saturated rings. The minimum atomic E-state index is -0.130. The van der Waals surface area contributed by atoms with Gasteiger partial charge in [-0.15, -0.1) is 0 Å². The molecule has 0 bridgehead atoms. The number of rotatable bonds is 1. The number of hydrogen-bond donors (Lipinski definition) is 0. The minimum Gasteiger partial charge on any atom is -0.458 e. The molecule has 50 valence electrons. The lowest BCUT2D eigenvalue weighted by Gasteiger charge is -1.90. The summed E-state index contributed by atoms with van der Waals surface area (Å²) in [4.78, 5) is 10.7. The number of carbonyl (C=O) groups is 1. The zero-order chi connectivity index (χ0) is 6.85. The summed E-state index contributed by atoms with van der Waals surface area (Å²) in [6, 6.07) is 0. The monoisotopic (exact) mass is 126 g/mol. The lowest BCUT2D eigenvalue weighted by Crippen LogP contribution is -1.97. The van der Waals surface area contributed by atoms with Crippen LogP contribution in [0.2, 0.25) is 0 Å². The maximum atomic E-state index is 10.7. The topological polar surface area (TPSA) is 26.3 Å². The van der Waals surface area contributed by atoms with Crippen LogP contribution in [-0.2, 0) is 9.53 Å². The number of cyclic esters (lactones) is 1. The molecule has 2 nitrogen and oxygen atoms in total. The summed E-state index contributed by atoms with van der Waals surface area (Å²) >= 11 is 0. The van der Waals surface area contributed by atoms with Gasteiger partial charge in [-0.2, -0.15) is 0 Å². The van der Waals surface area contributed by atoms with Crippen LogP contribution in [0.25, 0.3) is 0 Å². The highest BCUT2D eigenvalue weighted by Gasteiger charge is 2.18. The standard InChI is InChI=1S/C7H10O2/c1-3-6-5(2)4-9-7(6)8/h3-4H2,1-2H3. The van der Waals surface area contributed by atoms with E-state index in [1.54, 1.807) is 0 Å². The maximum Gasteiger partial charge on any atom is 0.334 e. The van der Waals surface area contributed by atoms with Crippen molar-refractivity contribution in [2.45, 2.75) is 20.3 Å². The minimum absolute atomic E-state index is 0.130. The van der Waals surface area contributed by atoms with Crippen LogP contribution in [0.4, 0.5) is 0 Å². The highest BCUT2D eigenvalue weighted by atomic mass is 16.5. The lowest BCUT2D eigenvalue weighted by molar-refractivity contribution is -0.136. The molecule has 0 atom stereocenters. The summed E-state index contributed by atoms with van der Waals surface area (Å²) < 4.78 is 4.76. The van der Waals surface area contributed by atoms with Gasteiger partial charge >= 0.3 is 5.97 Å². The van der Waals surface area contributed by atoms with Gasteiger partial charge in [0.15, 0.2) is 0 Å². The van der Waals surface area contributed by atoms with Crippen LogP contribution in [0.5, 0.6) is 0 Å². The second kappa shape index (κ2) is 2.21. The third kappa shape index (κ3) is 0.969. The Bertz CT molecular complexity index is 168. The Morgan fingerprint density at radius 1 is 1.67 bits per heavy atom. The molecule has 0 N–H and O–H groups in total. The first kappa shape index (κ1) is 6.33. The number of carbonyl (C=O) groups excluding carboxylic acids is 1. The van der Waals surface area contributed by atoms with Gasteiger partial charge in [0.05, 0.1) is 0 Å². The Morgan fingerprint density at radius 3 is 2.56 bits per heavy atom. The predicted octanol–water partition coefficient (Wildman–Crippen LogP) is 1.27. The molecule has 0 spiro atoms. The van der Waals surface area contributed by atoms with Gasteiger partial charge in [0.25, 0.3) is 0 Å². The Hall–Kier alpha value is -0.790. The van der Waals surface area contributed by atoms with Crippen LogP contribution < -0.4 is 0 Å². The normalized spacial score (nSPS) is 18.7. The lowest BCUT2D eigenvalue weighted by atomic mass is 10.1. The third-order valence-corrected chi connectivity index (χ3v) is 1.53. The van der Waals surface area contributed by atoms with Gasteiger partial charge in [-0.05, 0) is 18.9 Å². The van der Waals surface area contributed by atoms with Crippen molar-refractivity contribution < 1.29 is 9.53 Å². The highest BCUT2D eigenvalue weighted by Crippen LogP contribution is 2.17. The van der Waals surface area contributed by atoms with Gasteiger partial charge in [0.2, 0.25) is 0 Å². The molecule has 0 aromatic heterocycles. The molecule has 0 aromatic carbocycles. The largest absolute Gasteiger partial charge is 0.458 e. The van der Waals surface area contributed by atoms with E-state index >= 15 is 0 Å². The fraction of sp³-hybridized carbons (Fsp3) is 0.571. The summed E-state index contributed by atoms with van der Waals surface area (Å²) in [5, 5.41) is 0. The highest BCUT2D eigenvalue weighted by molar-refractivity contribution is 5.91. The molecule has 1 heterocycles. The summed E-state index contributed by atoms with van der Waals surface area (Å²) in [6.45, 7) is 4.40. The van der Waals surface area contributed by atoms with E-state index in [0.29, 0.717) is 6.61 Å². The first-order valence-electron chi connectivity index (χ1n) is 3.11. The summed E-state index contributed by atoms with van der Waals surface area (Å²) in [5.74, 6) is -0.130. The van der Waals surface area contributed by atoms with Gasteiger partial charge in [-0.3, -0.25) is 0 Å². The predicted molar refractivity (Wildman–Crippen MR) is 33.9 cm³/mol. The zero-order valence-corrected chi connectivity index (χ0v) is 5.73. The van der Waals surface area contributed by atoms with Crippen LogP contribution in [-0.4, -0.2) is 12.6 Å². The second-order valence-corrected chi connectivity index (χ2v) is 2.19. The van der Waals surface area contributed by atoms with E-state index in [1.807, 2.05) is 13.8 Å². The van der Waals surface area contributed by atoms with Crippen molar-refractivity contribution in [3.8, 4) is 0 Å². The molecule has 0 radical (unpaired) electrons. The summed E-state index contributed by atoms with van der Waals surface area (Å²) in [5.41, 5.74) is 1.94. The van der Waals surface area contributed by atoms with Crippen molar-refractivity contribution in [1.29, 1.82) is 0 Å². The SMILES string of the molecule is CCC1=C(C)COC1=O. The van der Waals surface area contributed by atoms with E-state index in [2.05, 4.69) is 0 Å². The fourth-order valence-corrected chi connectivity index (χ4v) is 0.968. The van der Waals surface area contributed by atoms with E-state index in [1.165, 1.54) is 0 Å². The number of hydrogen-bond acceptors (Lipinski definition) is 2. The average Bonchev–Trinajstić information content (AvgIpc) is 2.12. The van der Waals surface area contributed by atoms with Gasteiger partial charge in [0.1, 0.15) is 6.61 Å². The first-order chi connectivity index (χ1) is 4.25. The summed E-state index contributed by atoms with van der Waals surface area (Å²) in [7, 11) is 0. The zero-order valence-electron chi connectivity index (χ0n) is 5.73. The maximum absolute atomic E-state index is 10.7. The van der Waals surface area contributed by atoms with Crippen molar-refractivity contribution in [3.63, 3.8) is 0 Å². The second-order valence-electron chi connectivity index (χ2n) is 2.19. The van der Waals surface area contributed by atoms with Gasteiger partial charge in [-0.25, -0.2) is 4.79 Å². The van der Waals surface area contributed by atoms with E-state index in [4.69, 9.17) is 4.74 Å². The molecule has 0 amide bonds. The van der Waals surface area contributed by atoms with Gasteiger partial charge < -0.3 is 4.74 Å². The molecule has 0 saturated heterocycles. The molecule has 2 heteroatoms. The number of esters is 1. The van der Waals surface area contributed by atoms with Crippen molar-refractivity contribution >= 4 is 5.97 Å². The number of ether oxygens (including phenoxy) is 1. The molecule has 0 saturated carbocycles. The van der Waals surface area contributed by atoms with E-state index in [0.717, 1.165) is 17.6 Å². The molecule has 0 aliphatic carbocycles. The van der Waals surface area contributed by atoms with Crippen molar-refractivity contribution in [2.24, 2.45) is 0 Å². The Labute approximate surface area is 54.5 Å². The van der Waals surface area contributed by atoms with Gasteiger partial charge in [-0.1, -0.05) is 6.92 Å². The third-order valence-electron chi connectivity index (χ3n) is 1.53. The average molecular weight is 126 g/mol.